The Morgan fingerprint density at radius 1 is 1.30 bits per heavy atom. The fraction of sp³-hybridized carbons (Fsp3) is 0.364. The molecule has 0 aliphatic carbocycles. The Hall–Kier alpha value is -2.69. The van der Waals surface area contributed by atoms with E-state index in [1.54, 1.807) is 19.9 Å². The predicted octanol–water partition coefficient (Wildman–Crippen LogP) is 3.55. The van der Waals surface area contributed by atoms with Crippen LogP contribution in [0.5, 0.6) is 5.75 Å². The molecule has 0 saturated carbocycles. The number of carbonyl (C=O) groups excluding carboxylic acids is 2. The molecule has 2 N–H and O–H groups in total. The fourth-order valence-electron chi connectivity index (χ4n) is 3.95. The Kier molecular flexibility index (Phi) is 6.35. The van der Waals surface area contributed by atoms with E-state index >= 15 is 0 Å². The number of piperidine rings is 1. The SMILES string of the molecule is Cc1cc2c(cc1S(=O)(=O)N1CCCC(C(=O)Nc3ccc(F)c(Cl)c3)C1)OC(C)C(=O)N2. The van der Waals surface area contributed by atoms with E-state index in [1.165, 1.54) is 22.5 Å². The average molecular weight is 496 g/mol. The number of hydrogen-bond acceptors (Lipinski definition) is 5. The molecule has 4 rings (SSSR count). The summed E-state index contributed by atoms with van der Waals surface area (Å²) >= 11 is 5.77. The molecular formula is C22H23ClFN3O5S. The lowest BCUT2D eigenvalue weighted by Gasteiger charge is -2.32. The van der Waals surface area contributed by atoms with Crippen molar-refractivity contribution in [1.29, 1.82) is 0 Å². The van der Waals surface area contributed by atoms with Gasteiger partial charge in [0.2, 0.25) is 15.9 Å². The number of anilines is 2. The van der Waals surface area contributed by atoms with E-state index in [1.807, 2.05) is 0 Å². The van der Waals surface area contributed by atoms with Gasteiger partial charge in [0.15, 0.2) is 6.10 Å². The summed E-state index contributed by atoms with van der Waals surface area (Å²) < 4.78 is 47.1. The molecule has 176 valence electrons. The number of hydrogen-bond donors (Lipinski definition) is 2. The van der Waals surface area contributed by atoms with Crippen LogP contribution in [-0.2, 0) is 19.6 Å². The van der Waals surface area contributed by atoms with Gasteiger partial charge >= 0.3 is 0 Å². The first-order valence-corrected chi connectivity index (χ1v) is 12.3. The van der Waals surface area contributed by atoms with Crippen LogP contribution in [0.4, 0.5) is 15.8 Å². The highest BCUT2D eigenvalue weighted by atomic mass is 35.5. The van der Waals surface area contributed by atoms with E-state index in [-0.39, 0.29) is 40.6 Å². The van der Waals surface area contributed by atoms with Gasteiger partial charge in [0.25, 0.3) is 5.91 Å². The van der Waals surface area contributed by atoms with Crippen molar-refractivity contribution in [2.24, 2.45) is 5.92 Å². The van der Waals surface area contributed by atoms with Gasteiger partial charge in [-0.1, -0.05) is 11.6 Å². The monoisotopic (exact) mass is 495 g/mol. The van der Waals surface area contributed by atoms with E-state index in [0.717, 1.165) is 6.07 Å². The summed E-state index contributed by atoms with van der Waals surface area (Å²) in [6, 6.07) is 6.84. The van der Waals surface area contributed by atoms with Gasteiger partial charge in [-0.15, -0.1) is 0 Å². The summed E-state index contributed by atoms with van der Waals surface area (Å²) in [5.41, 5.74) is 1.22. The summed E-state index contributed by atoms with van der Waals surface area (Å²) in [6.45, 7) is 3.50. The van der Waals surface area contributed by atoms with Crippen molar-refractivity contribution in [3.8, 4) is 5.75 Å². The minimum atomic E-state index is -3.92. The number of benzene rings is 2. The first-order chi connectivity index (χ1) is 15.6. The van der Waals surface area contributed by atoms with Crippen molar-refractivity contribution < 1.29 is 27.1 Å². The van der Waals surface area contributed by atoms with Crippen molar-refractivity contribution in [2.45, 2.75) is 37.7 Å². The molecule has 0 radical (unpaired) electrons. The van der Waals surface area contributed by atoms with Crippen LogP contribution >= 0.6 is 11.6 Å². The second-order valence-electron chi connectivity index (χ2n) is 8.18. The van der Waals surface area contributed by atoms with E-state index in [4.69, 9.17) is 16.3 Å². The number of rotatable bonds is 4. The van der Waals surface area contributed by atoms with Crippen molar-refractivity contribution >= 4 is 44.8 Å². The molecule has 2 aliphatic heterocycles. The topological polar surface area (TPSA) is 105 Å². The van der Waals surface area contributed by atoms with Crippen LogP contribution in [0.3, 0.4) is 0 Å². The Balaban J connectivity index is 1.54. The highest BCUT2D eigenvalue weighted by molar-refractivity contribution is 7.89. The second kappa shape index (κ2) is 8.92. The maximum Gasteiger partial charge on any atom is 0.265 e. The van der Waals surface area contributed by atoms with Gasteiger partial charge in [0.05, 0.1) is 21.5 Å². The third-order valence-corrected chi connectivity index (χ3v) is 8.06. The molecule has 33 heavy (non-hydrogen) atoms. The smallest absolute Gasteiger partial charge is 0.265 e. The van der Waals surface area contributed by atoms with Crippen molar-refractivity contribution in [2.75, 3.05) is 23.7 Å². The standard InChI is InChI=1S/C22H23ClFN3O5S/c1-12-8-18-19(32-13(2)21(28)26-18)10-20(12)33(30,31)27-7-3-4-14(11-27)22(29)25-15-5-6-17(24)16(23)9-15/h5-6,8-10,13-14H,3-4,7,11H2,1-2H3,(H,25,29)(H,26,28). The number of nitrogens with one attached hydrogen (secondary N) is 2. The van der Waals surface area contributed by atoms with E-state index in [0.29, 0.717) is 29.8 Å². The maximum atomic E-state index is 13.4. The zero-order valence-electron chi connectivity index (χ0n) is 18.0. The van der Waals surface area contributed by atoms with Gasteiger partial charge in [-0.25, -0.2) is 12.8 Å². The Morgan fingerprint density at radius 3 is 2.79 bits per heavy atom. The van der Waals surface area contributed by atoms with E-state index < -0.39 is 27.9 Å². The molecule has 2 unspecified atom stereocenters. The Bertz CT molecular complexity index is 1240. The minimum absolute atomic E-state index is 0.00755. The van der Waals surface area contributed by atoms with Crippen LogP contribution in [0.15, 0.2) is 35.2 Å². The van der Waals surface area contributed by atoms with Crippen molar-refractivity contribution in [3.05, 3.63) is 46.7 Å². The number of aryl methyl sites for hydroxylation is 1. The lowest BCUT2D eigenvalue weighted by Crippen LogP contribution is -2.44. The van der Waals surface area contributed by atoms with Gasteiger partial charge in [-0.3, -0.25) is 9.59 Å². The van der Waals surface area contributed by atoms with Gasteiger partial charge in [0, 0.05) is 24.8 Å². The number of halogens is 2. The molecule has 2 amide bonds. The second-order valence-corrected chi connectivity index (χ2v) is 10.5. The highest BCUT2D eigenvalue weighted by Gasteiger charge is 2.35. The normalized spacial score (nSPS) is 21.0. The fourth-order valence-corrected chi connectivity index (χ4v) is 5.88. The van der Waals surface area contributed by atoms with E-state index in [9.17, 15) is 22.4 Å². The number of amides is 2. The molecular weight excluding hydrogens is 473 g/mol. The van der Waals surface area contributed by atoms with Crippen molar-refractivity contribution in [1.82, 2.24) is 4.31 Å². The zero-order chi connectivity index (χ0) is 23.9. The number of fused-ring (bicyclic) bond motifs is 1. The molecule has 1 fully saturated rings. The number of sulfonamides is 1. The number of nitrogens with zero attached hydrogens (tertiary/aromatic N) is 1. The molecule has 0 bridgehead atoms. The maximum absolute atomic E-state index is 13.4. The van der Waals surface area contributed by atoms with Gasteiger partial charge in [-0.05, 0) is 56.5 Å². The summed E-state index contributed by atoms with van der Waals surface area (Å²) in [5, 5.41) is 5.27. The molecule has 2 atom stereocenters. The minimum Gasteiger partial charge on any atom is -0.479 e. The summed E-state index contributed by atoms with van der Waals surface area (Å²) in [5.74, 6) is -1.55. The first kappa shape index (κ1) is 23.5. The van der Waals surface area contributed by atoms with Crippen molar-refractivity contribution in [3.63, 3.8) is 0 Å². The summed E-state index contributed by atoms with van der Waals surface area (Å²) in [7, 11) is -3.92. The molecule has 2 aromatic carbocycles. The molecule has 8 nitrogen and oxygen atoms in total. The predicted molar refractivity (Wildman–Crippen MR) is 121 cm³/mol. The lowest BCUT2D eigenvalue weighted by molar-refractivity contribution is -0.123. The van der Waals surface area contributed by atoms with Crippen LogP contribution in [0, 0.1) is 18.7 Å². The molecule has 1 saturated heterocycles. The molecule has 2 aliphatic rings. The van der Waals surface area contributed by atoms with Crippen LogP contribution in [0.25, 0.3) is 0 Å². The number of ether oxygens (including phenoxy) is 1. The molecule has 11 heteroatoms. The number of carbonyl (C=O) groups is 2. The molecule has 0 spiro atoms. The van der Waals surface area contributed by atoms with Gasteiger partial charge in [-0.2, -0.15) is 4.31 Å². The third kappa shape index (κ3) is 4.68. The summed E-state index contributed by atoms with van der Waals surface area (Å²) in [6.07, 6.45) is 0.288. The molecule has 0 aromatic heterocycles. The Morgan fingerprint density at radius 2 is 2.06 bits per heavy atom. The largest absolute Gasteiger partial charge is 0.479 e. The molecule has 2 heterocycles. The van der Waals surface area contributed by atoms with Crippen LogP contribution < -0.4 is 15.4 Å². The van der Waals surface area contributed by atoms with Crippen LogP contribution in [-0.4, -0.2) is 43.7 Å². The zero-order valence-corrected chi connectivity index (χ0v) is 19.6. The molecule has 2 aromatic rings. The Labute approximate surface area is 196 Å². The van der Waals surface area contributed by atoms with E-state index in [2.05, 4.69) is 10.6 Å². The lowest BCUT2D eigenvalue weighted by atomic mass is 9.99. The highest BCUT2D eigenvalue weighted by Crippen LogP contribution is 2.36. The average Bonchev–Trinajstić information content (AvgIpc) is 2.77. The van der Waals surface area contributed by atoms with Gasteiger partial charge < -0.3 is 15.4 Å². The first-order valence-electron chi connectivity index (χ1n) is 10.4. The summed E-state index contributed by atoms with van der Waals surface area (Å²) in [4.78, 5) is 24.7. The van der Waals surface area contributed by atoms with Crippen LogP contribution in [0.2, 0.25) is 5.02 Å². The third-order valence-electron chi connectivity index (χ3n) is 5.77. The van der Waals surface area contributed by atoms with Gasteiger partial charge in [0.1, 0.15) is 11.6 Å². The van der Waals surface area contributed by atoms with Crippen LogP contribution in [0.1, 0.15) is 25.3 Å². The quantitative estimate of drug-likeness (QED) is 0.675.